The molecule has 0 saturated heterocycles. The smallest absolute Gasteiger partial charge is 0.231 e. The van der Waals surface area contributed by atoms with Crippen LogP contribution in [0.5, 0.6) is 11.5 Å². The van der Waals surface area contributed by atoms with Crippen molar-refractivity contribution >= 4 is 27.2 Å². The van der Waals surface area contributed by atoms with Crippen LogP contribution in [0.1, 0.15) is 25.0 Å². The zero-order valence-corrected chi connectivity index (χ0v) is 19.6. The van der Waals surface area contributed by atoms with Gasteiger partial charge in [-0.2, -0.15) is 0 Å². The summed E-state index contributed by atoms with van der Waals surface area (Å²) in [7, 11) is 6.25. The Bertz CT molecular complexity index is 1460. The maximum Gasteiger partial charge on any atom is 0.231 e. The quantitative estimate of drug-likeness (QED) is 0.255. The van der Waals surface area contributed by atoms with E-state index in [0.717, 1.165) is 39.1 Å². The van der Waals surface area contributed by atoms with Crippen molar-refractivity contribution in [2.24, 2.45) is 7.05 Å². The van der Waals surface area contributed by atoms with Crippen molar-refractivity contribution in [1.82, 2.24) is 0 Å². The third-order valence-electron chi connectivity index (χ3n) is 6.50. The number of hydrogen-bond acceptors (Lipinski definition) is 2. The van der Waals surface area contributed by atoms with Crippen LogP contribution >= 0.6 is 0 Å². The van der Waals surface area contributed by atoms with Gasteiger partial charge in [0, 0.05) is 39.4 Å². The molecule has 2 heterocycles. The molecular formula is C28H28N3O+. The van der Waals surface area contributed by atoms with E-state index >= 15 is 0 Å². The van der Waals surface area contributed by atoms with Crippen LogP contribution in [0.2, 0.25) is 0 Å². The van der Waals surface area contributed by atoms with E-state index in [1.54, 1.807) is 0 Å². The molecule has 0 amide bonds. The highest BCUT2D eigenvalue weighted by Gasteiger charge is 2.34. The van der Waals surface area contributed by atoms with Crippen molar-refractivity contribution in [1.29, 1.82) is 0 Å². The van der Waals surface area contributed by atoms with E-state index in [1.165, 1.54) is 22.0 Å². The summed E-state index contributed by atoms with van der Waals surface area (Å²) in [6.07, 6.45) is 2.81. The number of ether oxygens (including phenoxy) is 1. The molecule has 0 atom stereocenters. The number of aromatic nitrogens is 1. The van der Waals surface area contributed by atoms with Gasteiger partial charge in [-0.25, -0.2) is 11.1 Å². The largest absolute Gasteiger partial charge is 0.453 e. The molecule has 4 heteroatoms. The van der Waals surface area contributed by atoms with Crippen LogP contribution in [0.4, 0.5) is 5.69 Å². The molecular weight excluding hydrogens is 394 g/mol. The SMILES string of the molecule is [C-]#[N+]C(C)(C)Cc1cc2c3c([n+](C)ccc3c1)-c1c(c(N(C)C)c3ccccc3c1C)O2. The third-order valence-corrected chi connectivity index (χ3v) is 6.50. The second kappa shape index (κ2) is 6.97. The molecule has 0 fully saturated rings. The number of fused-ring (bicyclic) bond motifs is 3. The summed E-state index contributed by atoms with van der Waals surface area (Å²) >= 11 is 0. The molecule has 1 aliphatic heterocycles. The Labute approximate surface area is 189 Å². The van der Waals surface area contributed by atoms with Gasteiger partial charge >= 0.3 is 0 Å². The van der Waals surface area contributed by atoms with Crippen LogP contribution in [-0.4, -0.2) is 19.6 Å². The highest BCUT2D eigenvalue weighted by molar-refractivity contribution is 6.10. The molecule has 0 N–H and O–H groups in total. The number of pyridine rings is 1. The molecule has 0 radical (unpaired) electrons. The van der Waals surface area contributed by atoms with E-state index in [-0.39, 0.29) is 0 Å². The van der Waals surface area contributed by atoms with Gasteiger partial charge in [0.25, 0.3) is 0 Å². The Kier molecular flexibility index (Phi) is 4.43. The van der Waals surface area contributed by atoms with Gasteiger partial charge in [-0.1, -0.05) is 30.3 Å². The van der Waals surface area contributed by atoms with Gasteiger partial charge in [-0.05, 0) is 34.9 Å². The highest BCUT2D eigenvalue weighted by atomic mass is 16.5. The van der Waals surface area contributed by atoms with Crippen molar-refractivity contribution in [3.05, 3.63) is 71.2 Å². The number of hydrogen-bond donors (Lipinski definition) is 0. The van der Waals surface area contributed by atoms with E-state index in [0.29, 0.717) is 6.42 Å². The predicted octanol–water partition coefficient (Wildman–Crippen LogP) is 6.21. The highest BCUT2D eigenvalue weighted by Crippen LogP contribution is 2.53. The van der Waals surface area contributed by atoms with Crippen molar-refractivity contribution in [3.8, 4) is 22.8 Å². The standard InChI is InChI=1S/C28H28N3O/c1-17-20-10-8-9-11-21(20)25(30(5)6)27-23(17)26-24-19(12-13-31(26)7)14-18(15-22(24)32-27)16-28(2,3)29-4/h8-15H,16H2,1-3,5-7H3/q+1. The second-order valence-electron chi connectivity index (χ2n) is 9.65. The minimum absolute atomic E-state index is 0.448. The van der Waals surface area contributed by atoms with Crippen LogP contribution in [0.25, 0.3) is 37.6 Å². The Morgan fingerprint density at radius 2 is 1.81 bits per heavy atom. The first-order valence-electron chi connectivity index (χ1n) is 11.0. The Morgan fingerprint density at radius 1 is 1.09 bits per heavy atom. The summed E-state index contributed by atoms with van der Waals surface area (Å²) in [4.78, 5) is 5.96. The van der Waals surface area contributed by atoms with E-state index in [1.807, 2.05) is 13.8 Å². The van der Waals surface area contributed by atoms with Gasteiger partial charge in [0.2, 0.25) is 11.2 Å². The van der Waals surface area contributed by atoms with Crippen molar-refractivity contribution in [2.75, 3.05) is 19.0 Å². The maximum atomic E-state index is 7.55. The summed E-state index contributed by atoms with van der Waals surface area (Å²) in [5.74, 6) is 1.78. The number of aryl methyl sites for hydroxylation is 2. The third kappa shape index (κ3) is 2.92. The topological polar surface area (TPSA) is 20.7 Å². The number of benzene rings is 3. The van der Waals surface area contributed by atoms with Gasteiger partial charge in [-0.3, -0.25) is 0 Å². The lowest BCUT2D eigenvalue weighted by Crippen LogP contribution is -2.32. The lowest BCUT2D eigenvalue weighted by Gasteiger charge is -2.28. The van der Waals surface area contributed by atoms with Gasteiger partial charge in [0.05, 0.1) is 23.1 Å². The summed E-state index contributed by atoms with van der Waals surface area (Å²) in [5, 5.41) is 4.72. The fraction of sp³-hybridized carbons (Fsp3) is 0.286. The lowest BCUT2D eigenvalue weighted by atomic mass is 9.88. The molecule has 4 nitrogen and oxygen atoms in total. The van der Waals surface area contributed by atoms with Crippen molar-refractivity contribution in [2.45, 2.75) is 32.7 Å². The first-order valence-corrected chi connectivity index (χ1v) is 11.0. The average Bonchev–Trinajstić information content (AvgIpc) is 2.75. The molecule has 0 aliphatic carbocycles. The fourth-order valence-corrected chi connectivity index (χ4v) is 5.05. The normalized spacial score (nSPS) is 12.4. The van der Waals surface area contributed by atoms with Crippen molar-refractivity contribution < 1.29 is 9.30 Å². The molecule has 1 aromatic heterocycles. The minimum Gasteiger partial charge on any atom is -0.453 e. The van der Waals surface area contributed by atoms with E-state index in [2.05, 4.69) is 91.0 Å². The minimum atomic E-state index is -0.448. The second-order valence-corrected chi connectivity index (χ2v) is 9.65. The molecule has 32 heavy (non-hydrogen) atoms. The molecule has 0 unspecified atom stereocenters. The van der Waals surface area contributed by atoms with E-state index in [4.69, 9.17) is 11.3 Å². The van der Waals surface area contributed by atoms with Crippen LogP contribution in [-0.2, 0) is 13.5 Å². The summed E-state index contributed by atoms with van der Waals surface area (Å²) < 4.78 is 8.95. The molecule has 1 aliphatic rings. The number of anilines is 1. The van der Waals surface area contributed by atoms with E-state index in [9.17, 15) is 0 Å². The van der Waals surface area contributed by atoms with Crippen LogP contribution < -0.4 is 14.2 Å². The Hall–Kier alpha value is -3.58. The first-order chi connectivity index (χ1) is 15.2. The van der Waals surface area contributed by atoms with Crippen LogP contribution in [0.15, 0.2) is 48.7 Å². The molecule has 3 aromatic carbocycles. The molecule has 0 bridgehead atoms. The monoisotopic (exact) mass is 422 g/mol. The maximum absolute atomic E-state index is 7.55. The van der Waals surface area contributed by atoms with Gasteiger partial charge in [-0.15, -0.1) is 0 Å². The van der Waals surface area contributed by atoms with Crippen LogP contribution in [0.3, 0.4) is 0 Å². The fourth-order valence-electron chi connectivity index (χ4n) is 5.05. The molecule has 4 aromatic rings. The summed E-state index contributed by atoms with van der Waals surface area (Å²) in [6.45, 7) is 13.7. The Balaban J connectivity index is 1.89. The van der Waals surface area contributed by atoms with E-state index < -0.39 is 5.54 Å². The lowest BCUT2D eigenvalue weighted by molar-refractivity contribution is -0.659. The van der Waals surface area contributed by atoms with Gasteiger partial charge in [0.15, 0.2) is 11.9 Å². The number of rotatable bonds is 3. The van der Waals surface area contributed by atoms with Gasteiger partial charge in [0.1, 0.15) is 12.8 Å². The summed E-state index contributed by atoms with van der Waals surface area (Å²) in [6, 6.07) is 15.1. The zero-order valence-electron chi connectivity index (χ0n) is 19.6. The summed E-state index contributed by atoms with van der Waals surface area (Å²) in [5.41, 5.74) is 5.34. The number of nitrogens with zero attached hydrogens (tertiary/aromatic N) is 3. The van der Waals surface area contributed by atoms with Crippen molar-refractivity contribution in [3.63, 3.8) is 0 Å². The average molecular weight is 423 g/mol. The molecule has 0 spiro atoms. The van der Waals surface area contributed by atoms with Gasteiger partial charge < -0.3 is 14.5 Å². The molecule has 160 valence electrons. The Morgan fingerprint density at radius 3 is 2.50 bits per heavy atom. The van der Waals surface area contributed by atoms with Crippen LogP contribution in [0, 0.1) is 13.5 Å². The molecule has 0 saturated carbocycles. The molecule has 5 rings (SSSR count). The first kappa shape index (κ1) is 20.3. The predicted molar refractivity (Wildman–Crippen MR) is 132 cm³/mol. The zero-order chi connectivity index (χ0) is 22.8.